The normalized spacial score (nSPS) is 13.4. The van der Waals surface area contributed by atoms with Crippen molar-refractivity contribution in [1.82, 2.24) is 0 Å². The number of carbonyl (C=O) groups excluding carboxylic acids is 2. The predicted molar refractivity (Wildman–Crippen MR) is 118 cm³/mol. The van der Waals surface area contributed by atoms with Crippen molar-refractivity contribution in [2.45, 2.75) is 6.92 Å². The van der Waals surface area contributed by atoms with Crippen LogP contribution >= 0.6 is 0 Å². The van der Waals surface area contributed by atoms with Crippen LogP contribution in [0, 0.1) is 11.3 Å². The maximum Gasteiger partial charge on any atom is 0.282 e. The second-order valence-corrected chi connectivity index (χ2v) is 6.77. The second-order valence-electron chi connectivity index (χ2n) is 6.77. The molecule has 31 heavy (non-hydrogen) atoms. The van der Waals surface area contributed by atoms with Gasteiger partial charge < -0.3 is 10.1 Å². The van der Waals surface area contributed by atoms with Gasteiger partial charge in [-0.3, -0.25) is 9.59 Å². The zero-order valence-electron chi connectivity index (χ0n) is 16.8. The van der Waals surface area contributed by atoms with Crippen LogP contribution in [0.25, 0.3) is 5.57 Å². The van der Waals surface area contributed by atoms with E-state index in [-0.39, 0.29) is 11.3 Å². The topological polar surface area (TPSA) is 82.4 Å². The van der Waals surface area contributed by atoms with E-state index in [0.717, 1.165) is 4.90 Å². The Hall–Kier alpha value is -4.37. The number of carbonyl (C=O) groups is 2. The Labute approximate surface area is 180 Å². The zero-order chi connectivity index (χ0) is 21.8. The summed E-state index contributed by atoms with van der Waals surface area (Å²) in [7, 11) is 0. The summed E-state index contributed by atoms with van der Waals surface area (Å²) in [5, 5.41) is 12.2. The Morgan fingerprint density at radius 2 is 1.58 bits per heavy atom. The summed E-state index contributed by atoms with van der Waals surface area (Å²) in [5.74, 6) is -0.320. The fourth-order valence-electron chi connectivity index (χ4n) is 3.42. The Balaban J connectivity index is 1.80. The first-order chi connectivity index (χ1) is 15.1. The first-order valence-electron chi connectivity index (χ1n) is 9.81. The average molecular weight is 409 g/mol. The fraction of sp³-hybridized carbons (Fsp3) is 0.0800. The molecule has 0 unspecified atom stereocenters. The molecule has 1 aliphatic heterocycles. The lowest BCUT2D eigenvalue weighted by atomic mass is 10.0. The van der Waals surface area contributed by atoms with Crippen LogP contribution in [0.2, 0.25) is 0 Å². The van der Waals surface area contributed by atoms with Gasteiger partial charge in [-0.05, 0) is 48.9 Å². The molecule has 2 amide bonds. The first kappa shape index (κ1) is 19.9. The highest BCUT2D eigenvalue weighted by atomic mass is 16.5. The minimum absolute atomic E-state index is 0.174. The number of para-hydroxylation sites is 2. The minimum Gasteiger partial charge on any atom is -0.492 e. The van der Waals surface area contributed by atoms with Crippen molar-refractivity contribution in [3.05, 3.63) is 95.7 Å². The molecule has 1 heterocycles. The summed E-state index contributed by atoms with van der Waals surface area (Å²) in [6.45, 7) is 2.34. The SMILES string of the molecule is CCOc1ccccc1NC1=C(c2ccccc2)C(=O)N(c2ccc(C#N)cc2)C1=O. The number of amides is 2. The van der Waals surface area contributed by atoms with Gasteiger partial charge in [-0.15, -0.1) is 0 Å². The van der Waals surface area contributed by atoms with Crippen molar-refractivity contribution in [2.75, 3.05) is 16.8 Å². The molecule has 152 valence electrons. The Kier molecular flexibility index (Phi) is 5.50. The molecule has 0 saturated heterocycles. The summed E-state index contributed by atoms with van der Waals surface area (Å²) in [6.07, 6.45) is 0. The van der Waals surface area contributed by atoms with Gasteiger partial charge in [-0.2, -0.15) is 5.26 Å². The van der Waals surface area contributed by atoms with Crippen LogP contribution in [0.5, 0.6) is 5.75 Å². The molecule has 1 aliphatic rings. The van der Waals surface area contributed by atoms with Crippen molar-refractivity contribution in [3.8, 4) is 11.8 Å². The summed E-state index contributed by atoms with van der Waals surface area (Å²) < 4.78 is 5.66. The smallest absolute Gasteiger partial charge is 0.282 e. The van der Waals surface area contributed by atoms with E-state index in [0.29, 0.717) is 34.9 Å². The maximum absolute atomic E-state index is 13.4. The summed E-state index contributed by atoms with van der Waals surface area (Å²) in [4.78, 5) is 27.9. The number of benzene rings is 3. The van der Waals surface area contributed by atoms with E-state index < -0.39 is 11.8 Å². The lowest BCUT2D eigenvalue weighted by Crippen LogP contribution is -2.32. The van der Waals surface area contributed by atoms with E-state index in [2.05, 4.69) is 5.32 Å². The van der Waals surface area contributed by atoms with Gasteiger partial charge in [0.25, 0.3) is 11.8 Å². The highest BCUT2D eigenvalue weighted by molar-refractivity contribution is 6.46. The molecule has 6 nitrogen and oxygen atoms in total. The lowest BCUT2D eigenvalue weighted by Gasteiger charge is -2.16. The van der Waals surface area contributed by atoms with Crippen LogP contribution < -0.4 is 15.0 Å². The number of nitriles is 1. The number of nitrogens with one attached hydrogen (secondary N) is 1. The van der Waals surface area contributed by atoms with Crippen molar-refractivity contribution in [3.63, 3.8) is 0 Å². The van der Waals surface area contributed by atoms with E-state index in [1.54, 1.807) is 48.5 Å². The van der Waals surface area contributed by atoms with Crippen LogP contribution in [0.1, 0.15) is 18.1 Å². The van der Waals surface area contributed by atoms with Gasteiger partial charge in [0.15, 0.2) is 0 Å². The van der Waals surface area contributed by atoms with Gasteiger partial charge in [0, 0.05) is 0 Å². The standard InChI is InChI=1S/C25H19N3O3/c1-2-31-21-11-7-6-10-20(21)27-23-22(18-8-4-3-5-9-18)24(29)28(25(23)30)19-14-12-17(16-26)13-15-19/h3-15,27H,2H2,1H3. The first-order valence-corrected chi connectivity index (χ1v) is 9.81. The minimum atomic E-state index is -0.472. The second kappa shape index (κ2) is 8.56. The molecule has 0 aliphatic carbocycles. The molecular formula is C25H19N3O3. The lowest BCUT2D eigenvalue weighted by molar-refractivity contribution is -0.120. The van der Waals surface area contributed by atoms with Gasteiger partial charge in [-0.25, -0.2) is 4.90 Å². The quantitative estimate of drug-likeness (QED) is 0.612. The number of hydrogen-bond donors (Lipinski definition) is 1. The highest BCUT2D eigenvalue weighted by Crippen LogP contribution is 2.35. The third-order valence-corrected chi connectivity index (χ3v) is 4.85. The van der Waals surface area contributed by atoms with Gasteiger partial charge in [0.05, 0.1) is 35.2 Å². The van der Waals surface area contributed by atoms with E-state index in [1.807, 2.05) is 43.3 Å². The Morgan fingerprint density at radius 1 is 0.903 bits per heavy atom. The molecule has 0 radical (unpaired) electrons. The third kappa shape index (κ3) is 3.77. The van der Waals surface area contributed by atoms with Gasteiger partial charge in [-0.1, -0.05) is 42.5 Å². The molecule has 0 bridgehead atoms. The molecule has 0 aromatic heterocycles. The average Bonchev–Trinajstić information content (AvgIpc) is 3.05. The molecule has 3 aromatic rings. The van der Waals surface area contributed by atoms with Crippen LogP contribution in [0.3, 0.4) is 0 Å². The Morgan fingerprint density at radius 3 is 2.26 bits per heavy atom. The maximum atomic E-state index is 13.4. The molecule has 0 atom stereocenters. The van der Waals surface area contributed by atoms with E-state index in [1.165, 1.54) is 0 Å². The molecule has 0 spiro atoms. The molecule has 4 rings (SSSR count). The van der Waals surface area contributed by atoms with Crippen molar-refractivity contribution < 1.29 is 14.3 Å². The number of hydrogen-bond acceptors (Lipinski definition) is 5. The summed E-state index contributed by atoms with van der Waals surface area (Å²) in [5.41, 5.74) is 2.53. The van der Waals surface area contributed by atoms with E-state index >= 15 is 0 Å². The van der Waals surface area contributed by atoms with Crippen molar-refractivity contribution in [2.24, 2.45) is 0 Å². The van der Waals surface area contributed by atoms with Crippen molar-refractivity contribution in [1.29, 1.82) is 5.26 Å². The molecule has 6 heteroatoms. The summed E-state index contributed by atoms with van der Waals surface area (Å²) in [6, 6.07) is 24.7. The molecule has 1 N–H and O–H groups in total. The predicted octanol–water partition coefficient (Wildman–Crippen LogP) is 4.35. The molecule has 3 aromatic carbocycles. The zero-order valence-corrected chi connectivity index (χ0v) is 16.8. The van der Waals surface area contributed by atoms with E-state index in [4.69, 9.17) is 10.00 Å². The molecule has 0 saturated carbocycles. The van der Waals surface area contributed by atoms with Crippen LogP contribution in [0.4, 0.5) is 11.4 Å². The Bertz CT molecular complexity index is 1210. The highest BCUT2D eigenvalue weighted by Gasteiger charge is 2.40. The van der Waals surface area contributed by atoms with Crippen molar-refractivity contribution >= 4 is 28.8 Å². The largest absolute Gasteiger partial charge is 0.492 e. The number of nitrogens with zero attached hydrogens (tertiary/aromatic N) is 2. The number of ether oxygens (including phenoxy) is 1. The molecular weight excluding hydrogens is 390 g/mol. The number of anilines is 2. The van der Waals surface area contributed by atoms with Crippen LogP contribution in [0.15, 0.2) is 84.6 Å². The van der Waals surface area contributed by atoms with Gasteiger partial charge in [0.1, 0.15) is 11.4 Å². The third-order valence-electron chi connectivity index (χ3n) is 4.85. The number of rotatable bonds is 6. The summed E-state index contributed by atoms with van der Waals surface area (Å²) >= 11 is 0. The van der Waals surface area contributed by atoms with Gasteiger partial charge >= 0.3 is 0 Å². The number of imide groups is 1. The monoisotopic (exact) mass is 409 g/mol. The van der Waals surface area contributed by atoms with E-state index in [9.17, 15) is 9.59 Å². The molecule has 0 fully saturated rings. The van der Waals surface area contributed by atoms with Gasteiger partial charge in [0.2, 0.25) is 0 Å². The van der Waals surface area contributed by atoms with Crippen LogP contribution in [-0.4, -0.2) is 18.4 Å². The van der Waals surface area contributed by atoms with Crippen LogP contribution in [-0.2, 0) is 9.59 Å². The fourth-order valence-corrected chi connectivity index (χ4v) is 3.42.